The van der Waals surface area contributed by atoms with Crippen LogP contribution in [-0.4, -0.2) is 13.8 Å². The number of amides is 1. The predicted octanol–water partition coefficient (Wildman–Crippen LogP) is 2.75. The molecular weight excluding hydrogens is 266 g/mol. The van der Waals surface area contributed by atoms with Crippen molar-refractivity contribution in [3.63, 3.8) is 0 Å². The molecule has 2 aromatic rings. The maximum atomic E-state index is 12.8. The fraction of sp³-hybridized carbons (Fsp3) is 0.0714. The summed E-state index contributed by atoms with van der Waals surface area (Å²) in [5, 5.41) is 2.38. The van der Waals surface area contributed by atoms with E-state index in [1.807, 2.05) is 0 Å². The Morgan fingerprint density at radius 1 is 1.00 bits per heavy atom. The number of carbonyl (C=O) groups excluding carboxylic acids is 1. The SMILES string of the molecule is [B]c1ccccc1NC(=O)c1ccccc1C(F)(F)F. The molecule has 20 heavy (non-hydrogen) atoms. The van der Waals surface area contributed by atoms with Crippen LogP contribution in [0.5, 0.6) is 0 Å². The number of rotatable bonds is 2. The molecule has 0 atom stereocenters. The van der Waals surface area contributed by atoms with Gasteiger partial charge in [0.1, 0.15) is 7.85 Å². The summed E-state index contributed by atoms with van der Waals surface area (Å²) in [6.45, 7) is 0. The first-order chi connectivity index (χ1) is 9.39. The highest BCUT2D eigenvalue weighted by atomic mass is 19.4. The molecule has 0 heterocycles. The Balaban J connectivity index is 2.34. The predicted molar refractivity (Wildman–Crippen MR) is 71.2 cm³/mol. The third kappa shape index (κ3) is 3.01. The lowest BCUT2D eigenvalue weighted by atomic mass is 9.94. The van der Waals surface area contributed by atoms with Gasteiger partial charge >= 0.3 is 6.18 Å². The molecule has 0 aromatic heterocycles. The lowest BCUT2D eigenvalue weighted by Gasteiger charge is -2.13. The molecule has 0 unspecified atom stereocenters. The lowest BCUT2D eigenvalue weighted by Crippen LogP contribution is -2.22. The molecule has 100 valence electrons. The number of anilines is 1. The zero-order valence-electron chi connectivity index (χ0n) is 10.2. The van der Waals surface area contributed by atoms with E-state index in [9.17, 15) is 18.0 Å². The van der Waals surface area contributed by atoms with Crippen molar-refractivity contribution in [3.05, 3.63) is 59.7 Å². The van der Waals surface area contributed by atoms with E-state index in [0.717, 1.165) is 12.1 Å². The Labute approximate surface area is 115 Å². The average Bonchev–Trinajstić information content (AvgIpc) is 2.40. The van der Waals surface area contributed by atoms with Gasteiger partial charge in [-0.2, -0.15) is 13.2 Å². The summed E-state index contributed by atoms with van der Waals surface area (Å²) in [7, 11) is 5.63. The number of halogens is 3. The Kier molecular flexibility index (Phi) is 3.83. The molecule has 1 N–H and O–H groups in total. The van der Waals surface area contributed by atoms with Crippen molar-refractivity contribution in [1.82, 2.24) is 0 Å². The van der Waals surface area contributed by atoms with Gasteiger partial charge in [0, 0.05) is 5.69 Å². The van der Waals surface area contributed by atoms with Gasteiger partial charge in [-0.1, -0.05) is 35.8 Å². The minimum atomic E-state index is -4.59. The number of hydrogen-bond donors (Lipinski definition) is 1. The summed E-state index contributed by atoms with van der Waals surface area (Å²) in [4.78, 5) is 12.0. The highest BCUT2D eigenvalue weighted by molar-refractivity contribution is 6.36. The minimum Gasteiger partial charge on any atom is -0.323 e. The maximum absolute atomic E-state index is 12.8. The number of alkyl halides is 3. The van der Waals surface area contributed by atoms with Gasteiger partial charge in [-0.3, -0.25) is 4.79 Å². The highest BCUT2D eigenvalue weighted by Crippen LogP contribution is 2.32. The smallest absolute Gasteiger partial charge is 0.323 e. The average molecular weight is 275 g/mol. The summed E-state index contributed by atoms with van der Waals surface area (Å²) < 4.78 is 38.5. The fourth-order valence-electron chi connectivity index (χ4n) is 1.73. The third-order valence-corrected chi connectivity index (χ3v) is 2.69. The van der Waals surface area contributed by atoms with Crippen molar-refractivity contribution in [2.24, 2.45) is 0 Å². The highest BCUT2D eigenvalue weighted by Gasteiger charge is 2.34. The van der Waals surface area contributed by atoms with E-state index in [1.54, 1.807) is 18.2 Å². The molecule has 0 fully saturated rings. The summed E-state index contributed by atoms with van der Waals surface area (Å²) in [5.74, 6) is -0.851. The van der Waals surface area contributed by atoms with E-state index in [-0.39, 0.29) is 11.2 Å². The van der Waals surface area contributed by atoms with E-state index in [1.165, 1.54) is 18.2 Å². The van der Waals surface area contributed by atoms with Crippen LogP contribution >= 0.6 is 0 Å². The molecule has 2 nitrogen and oxygen atoms in total. The second-order valence-corrected chi connectivity index (χ2v) is 4.08. The van der Waals surface area contributed by atoms with Crippen LogP contribution in [0, 0.1) is 0 Å². The van der Waals surface area contributed by atoms with Gasteiger partial charge in [-0.25, -0.2) is 0 Å². The number of nitrogens with one attached hydrogen (secondary N) is 1. The molecular formula is C14H9BF3NO. The summed E-state index contributed by atoms with van der Waals surface area (Å²) >= 11 is 0. The van der Waals surface area contributed by atoms with Gasteiger partial charge in [0.25, 0.3) is 5.91 Å². The molecule has 1 amide bonds. The molecule has 0 saturated carbocycles. The monoisotopic (exact) mass is 275 g/mol. The minimum absolute atomic E-state index is 0.273. The Bertz CT molecular complexity index is 640. The summed E-state index contributed by atoms with van der Waals surface area (Å²) in [5.41, 5.74) is -0.866. The number of hydrogen-bond acceptors (Lipinski definition) is 1. The van der Waals surface area contributed by atoms with Gasteiger partial charge in [0.05, 0.1) is 11.1 Å². The molecule has 2 radical (unpaired) electrons. The lowest BCUT2D eigenvalue weighted by molar-refractivity contribution is -0.137. The maximum Gasteiger partial charge on any atom is 0.417 e. The van der Waals surface area contributed by atoms with Crippen molar-refractivity contribution in [3.8, 4) is 0 Å². The molecule has 2 rings (SSSR count). The molecule has 0 aliphatic carbocycles. The van der Waals surface area contributed by atoms with Crippen LogP contribution in [0.25, 0.3) is 0 Å². The van der Waals surface area contributed by atoms with Gasteiger partial charge < -0.3 is 5.32 Å². The van der Waals surface area contributed by atoms with E-state index >= 15 is 0 Å². The van der Waals surface area contributed by atoms with Crippen molar-refractivity contribution < 1.29 is 18.0 Å². The van der Waals surface area contributed by atoms with E-state index in [2.05, 4.69) is 5.32 Å². The topological polar surface area (TPSA) is 29.1 Å². The Hall–Kier alpha value is -2.24. The fourth-order valence-corrected chi connectivity index (χ4v) is 1.73. The Morgan fingerprint density at radius 2 is 1.60 bits per heavy atom. The number of para-hydroxylation sites is 1. The van der Waals surface area contributed by atoms with Crippen LogP contribution in [0.3, 0.4) is 0 Å². The summed E-state index contributed by atoms with van der Waals surface area (Å²) in [6.07, 6.45) is -4.59. The van der Waals surface area contributed by atoms with Gasteiger partial charge in [0.15, 0.2) is 0 Å². The zero-order valence-corrected chi connectivity index (χ0v) is 10.2. The van der Waals surface area contributed by atoms with Crippen LogP contribution in [0.4, 0.5) is 18.9 Å². The zero-order chi connectivity index (χ0) is 14.8. The van der Waals surface area contributed by atoms with E-state index in [0.29, 0.717) is 0 Å². The molecule has 0 aliphatic rings. The molecule has 0 spiro atoms. The molecule has 0 bridgehead atoms. The molecule has 6 heteroatoms. The van der Waals surface area contributed by atoms with Crippen molar-refractivity contribution in [2.75, 3.05) is 5.32 Å². The molecule has 0 aliphatic heterocycles. The van der Waals surface area contributed by atoms with Gasteiger partial charge in [-0.05, 0) is 18.2 Å². The van der Waals surface area contributed by atoms with Crippen molar-refractivity contribution >= 4 is 24.9 Å². The van der Waals surface area contributed by atoms with Gasteiger partial charge in [-0.15, -0.1) is 0 Å². The second-order valence-electron chi connectivity index (χ2n) is 4.08. The number of benzene rings is 2. The van der Waals surface area contributed by atoms with Crippen LogP contribution in [0.1, 0.15) is 15.9 Å². The second kappa shape index (κ2) is 5.40. The van der Waals surface area contributed by atoms with Crippen LogP contribution in [0.15, 0.2) is 48.5 Å². The largest absolute Gasteiger partial charge is 0.417 e. The van der Waals surface area contributed by atoms with Crippen molar-refractivity contribution in [2.45, 2.75) is 6.18 Å². The van der Waals surface area contributed by atoms with E-state index < -0.39 is 23.2 Å². The first kappa shape index (κ1) is 14.2. The van der Waals surface area contributed by atoms with Crippen molar-refractivity contribution in [1.29, 1.82) is 0 Å². The van der Waals surface area contributed by atoms with Gasteiger partial charge in [0.2, 0.25) is 0 Å². The summed E-state index contributed by atoms with van der Waals surface area (Å²) in [6, 6.07) is 10.9. The molecule has 0 saturated heterocycles. The van der Waals surface area contributed by atoms with Crippen LogP contribution < -0.4 is 10.8 Å². The van der Waals surface area contributed by atoms with Crippen LogP contribution in [-0.2, 0) is 6.18 Å². The standard InChI is InChI=1S/C14H9BF3NO/c15-11-7-3-4-8-12(11)19-13(20)9-5-1-2-6-10(9)14(16,17)18/h1-8H,(H,19,20). The first-order valence-electron chi connectivity index (χ1n) is 5.71. The normalized spacial score (nSPS) is 11.2. The number of carbonyl (C=O) groups is 1. The first-order valence-corrected chi connectivity index (χ1v) is 5.71. The Morgan fingerprint density at radius 3 is 2.25 bits per heavy atom. The molecule has 2 aromatic carbocycles. The quantitative estimate of drug-likeness (QED) is 0.839. The third-order valence-electron chi connectivity index (χ3n) is 2.69. The van der Waals surface area contributed by atoms with E-state index in [4.69, 9.17) is 7.85 Å². The van der Waals surface area contributed by atoms with Crippen LogP contribution in [0.2, 0.25) is 0 Å².